The molecule has 0 unspecified atom stereocenters. The first kappa shape index (κ1) is 29.5. The molecule has 0 saturated heterocycles. The first-order valence-corrected chi connectivity index (χ1v) is 18.0. The summed E-state index contributed by atoms with van der Waals surface area (Å²) < 4.78 is 0. The van der Waals surface area contributed by atoms with E-state index < -0.39 is 0 Å². The van der Waals surface area contributed by atoms with Gasteiger partial charge in [0, 0.05) is 32.9 Å². The molecule has 0 aliphatic heterocycles. The van der Waals surface area contributed by atoms with Crippen LogP contribution in [0.1, 0.15) is 74.9 Å². The van der Waals surface area contributed by atoms with Crippen LogP contribution in [-0.2, 0) is 16.2 Å². The van der Waals surface area contributed by atoms with Crippen molar-refractivity contribution in [1.29, 1.82) is 0 Å². The molecule has 3 aliphatic carbocycles. The number of benzene rings is 7. The van der Waals surface area contributed by atoms with Gasteiger partial charge >= 0.3 is 0 Å². The van der Waals surface area contributed by atoms with Crippen molar-refractivity contribution in [2.24, 2.45) is 0 Å². The van der Waals surface area contributed by atoms with Crippen molar-refractivity contribution < 1.29 is 0 Å². The molecule has 0 heterocycles. The van der Waals surface area contributed by atoms with E-state index in [4.69, 9.17) is 0 Å². The number of hydrogen-bond acceptors (Lipinski definition) is 1. The Kier molecular flexibility index (Phi) is 5.82. The number of hydrogen-bond donors (Lipinski definition) is 0. The highest BCUT2D eigenvalue weighted by atomic mass is 15.2. The Labute approximate surface area is 295 Å². The van der Waals surface area contributed by atoms with Gasteiger partial charge in [-0.25, -0.2) is 0 Å². The maximum absolute atomic E-state index is 2.65. The van der Waals surface area contributed by atoms with Crippen LogP contribution in [0.15, 0.2) is 140 Å². The summed E-state index contributed by atoms with van der Waals surface area (Å²) in [7, 11) is 0. The van der Waals surface area contributed by atoms with Crippen molar-refractivity contribution in [2.45, 2.75) is 57.8 Å². The van der Waals surface area contributed by atoms with E-state index in [9.17, 15) is 0 Å². The molecular weight excluding hydrogens is 603 g/mol. The lowest BCUT2D eigenvalue weighted by atomic mass is 9.80. The van der Waals surface area contributed by atoms with E-state index >= 15 is 0 Å². The van der Waals surface area contributed by atoms with Crippen molar-refractivity contribution >= 4 is 27.8 Å². The summed E-state index contributed by atoms with van der Waals surface area (Å²) in [5.74, 6) is 0. The number of nitrogens with zero attached hydrogens (tertiary/aromatic N) is 1. The van der Waals surface area contributed by atoms with Gasteiger partial charge in [0.15, 0.2) is 0 Å². The van der Waals surface area contributed by atoms with Gasteiger partial charge in [0.2, 0.25) is 0 Å². The zero-order valence-corrected chi connectivity index (χ0v) is 29.7. The average Bonchev–Trinajstić information content (AvgIpc) is 3.63. The topological polar surface area (TPSA) is 3.24 Å². The largest absolute Gasteiger partial charge is 0.309 e. The van der Waals surface area contributed by atoms with E-state index in [2.05, 4.69) is 186 Å². The summed E-state index contributed by atoms with van der Waals surface area (Å²) in [6.45, 7) is 14.4. The van der Waals surface area contributed by atoms with Gasteiger partial charge in [-0.05, 0) is 79.0 Å². The zero-order chi connectivity index (χ0) is 34.2. The van der Waals surface area contributed by atoms with Gasteiger partial charge in [0.05, 0.1) is 17.1 Å². The van der Waals surface area contributed by atoms with Gasteiger partial charge in [0.25, 0.3) is 0 Å². The maximum Gasteiger partial charge on any atom is 0.0550 e. The van der Waals surface area contributed by atoms with E-state index in [1.165, 1.54) is 94.6 Å². The molecule has 0 fully saturated rings. The smallest absolute Gasteiger partial charge is 0.0550 e. The monoisotopic (exact) mass is 643 g/mol. The van der Waals surface area contributed by atoms with Gasteiger partial charge < -0.3 is 4.90 Å². The third-order valence-corrected chi connectivity index (χ3v) is 12.4. The van der Waals surface area contributed by atoms with Crippen molar-refractivity contribution in [3.05, 3.63) is 173 Å². The quantitative estimate of drug-likeness (QED) is 0.185. The SMILES string of the molecule is CC1(C)c2ccccc2-c2c(N(c3cccc4c3-c3ccccc3C4(C)C)c3cc4ccccc4c4c3-c3ccccc3C4(C)C)cccc21. The first-order chi connectivity index (χ1) is 24.1. The average molecular weight is 644 g/mol. The minimum atomic E-state index is -0.159. The molecule has 0 saturated carbocycles. The molecule has 1 nitrogen and oxygen atoms in total. The fraction of sp³-hybridized carbons (Fsp3) is 0.184. The van der Waals surface area contributed by atoms with Crippen LogP contribution in [-0.4, -0.2) is 0 Å². The number of rotatable bonds is 3. The van der Waals surface area contributed by atoms with Gasteiger partial charge in [-0.2, -0.15) is 0 Å². The molecular formula is C49H41N. The Morgan fingerprint density at radius 3 is 1.32 bits per heavy atom. The summed E-state index contributed by atoms with van der Waals surface area (Å²) in [4.78, 5) is 2.65. The summed E-state index contributed by atoms with van der Waals surface area (Å²) in [6, 6.07) is 52.8. The molecule has 7 aromatic rings. The van der Waals surface area contributed by atoms with Crippen molar-refractivity contribution in [3.63, 3.8) is 0 Å². The maximum atomic E-state index is 2.65. The van der Waals surface area contributed by atoms with Crippen LogP contribution in [0.5, 0.6) is 0 Å². The third-order valence-electron chi connectivity index (χ3n) is 12.4. The minimum absolute atomic E-state index is 0.110. The van der Waals surface area contributed by atoms with Crippen LogP contribution in [0, 0.1) is 0 Å². The highest BCUT2D eigenvalue weighted by Gasteiger charge is 2.43. The molecule has 0 N–H and O–H groups in total. The van der Waals surface area contributed by atoms with Gasteiger partial charge in [-0.3, -0.25) is 0 Å². The Morgan fingerprint density at radius 2 is 0.780 bits per heavy atom. The molecule has 7 aromatic carbocycles. The van der Waals surface area contributed by atoms with Crippen molar-refractivity contribution in [2.75, 3.05) is 4.90 Å². The highest BCUT2D eigenvalue weighted by molar-refractivity contribution is 6.09. The van der Waals surface area contributed by atoms with E-state index in [0.29, 0.717) is 0 Å². The lowest BCUT2D eigenvalue weighted by Gasteiger charge is -2.33. The highest BCUT2D eigenvalue weighted by Crippen LogP contribution is 2.61. The zero-order valence-electron chi connectivity index (χ0n) is 29.7. The predicted molar refractivity (Wildman–Crippen MR) is 211 cm³/mol. The van der Waals surface area contributed by atoms with Crippen molar-refractivity contribution in [1.82, 2.24) is 0 Å². The molecule has 0 atom stereocenters. The van der Waals surface area contributed by atoms with Gasteiger partial charge in [0.1, 0.15) is 0 Å². The molecule has 50 heavy (non-hydrogen) atoms. The van der Waals surface area contributed by atoms with Gasteiger partial charge in [-0.1, -0.05) is 163 Å². The fourth-order valence-electron chi connectivity index (χ4n) is 10.0. The third kappa shape index (κ3) is 3.63. The fourth-order valence-corrected chi connectivity index (χ4v) is 10.0. The summed E-state index contributed by atoms with van der Waals surface area (Å²) in [6.07, 6.45) is 0. The normalized spacial score (nSPS) is 16.3. The molecule has 0 aromatic heterocycles. The van der Waals surface area contributed by atoms with Crippen LogP contribution in [0.2, 0.25) is 0 Å². The Bertz CT molecular complexity index is 2470. The number of fused-ring (bicyclic) bond motifs is 11. The van der Waals surface area contributed by atoms with Gasteiger partial charge in [-0.15, -0.1) is 0 Å². The predicted octanol–water partition coefficient (Wildman–Crippen LogP) is 13.2. The van der Waals surface area contributed by atoms with E-state index in [-0.39, 0.29) is 16.2 Å². The van der Waals surface area contributed by atoms with Crippen LogP contribution in [0.4, 0.5) is 17.1 Å². The summed E-state index contributed by atoms with van der Waals surface area (Å²) >= 11 is 0. The molecule has 0 amide bonds. The van der Waals surface area contributed by atoms with E-state index in [1.807, 2.05) is 0 Å². The lowest BCUT2D eigenvalue weighted by Crippen LogP contribution is -2.18. The molecule has 0 spiro atoms. The summed E-state index contributed by atoms with van der Waals surface area (Å²) in [5.41, 5.74) is 19.7. The van der Waals surface area contributed by atoms with Crippen molar-refractivity contribution in [3.8, 4) is 33.4 Å². The Balaban J connectivity index is 1.40. The molecule has 10 rings (SSSR count). The minimum Gasteiger partial charge on any atom is -0.309 e. The number of anilines is 3. The molecule has 3 aliphatic rings. The first-order valence-electron chi connectivity index (χ1n) is 18.0. The van der Waals surface area contributed by atoms with Crippen LogP contribution in [0.25, 0.3) is 44.2 Å². The molecule has 0 bridgehead atoms. The molecule has 0 radical (unpaired) electrons. The molecule has 1 heteroatoms. The standard InChI is InChI=1S/C49H41N/c1-47(2)35-22-12-9-19-32(35)43-38(47)25-15-27-40(43)50(41-28-16-26-39-44(41)33-20-10-13-23-36(33)48(39,3)4)42-29-30-17-7-8-18-31(30)46-45(42)34-21-11-14-24-37(34)49(46,5)6/h7-29H,1-6H3. The Morgan fingerprint density at radius 1 is 0.360 bits per heavy atom. The second-order valence-electron chi connectivity index (χ2n) is 16.1. The molecule has 242 valence electrons. The van der Waals surface area contributed by atoms with E-state index in [0.717, 1.165) is 0 Å². The lowest BCUT2D eigenvalue weighted by molar-refractivity contribution is 0.660. The van der Waals surface area contributed by atoms with Crippen LogP contribution < -0.4 is 4.90 Å². The second-order valence-corrected chi connectivity index (χ2v) is 16.1. The second kappa shape index (κ2) is 9.86. The summed E-state index contributed by atoms with van der Waals surface area (Å²) in [5, 5.41) is 2.61. The Hall–Kier alpha value is -5.40. The van der Waals surface area contributed by atoms with E-state index in [1.54, 1.807) is 0 Å². The van der Waals surface area contributed by atoms with Crippen LogP contribution >= 0.6 is 0 Å². The van der Waals surface area contributed by atoms with Crippen LogP contribution in [0.3, 0.4) is 0 Å².